The third-order valence-corrected chi connectivity index (χ3v) is 4.28. The highest BCUT2D eigenvalue weighted by atomic mass is 16.5. The van der Waals surface area contributed by atoms with E-state index in [-0.39, 0.29) is 6.42 Å². The van der Waals surface area contributed by atoms with E-state index in [0.717, 1.165) is 34.3 Å². The molecule has 0 amide bonds. The molecule has 0 saturated carbocycles. The summed E-state index contributed by atoms with van der Waals surface area (Å²) in [4.78, 5) is 21.9. The van der Waals surface area contributed by atoms with Gasteiger partial charge in [-0.2, -0.15) is 0 Å². The fraction of sp³-hybridized carbons (Fsp3) is 0.130. The first-order valence-corrected chi connectivity index (χ1v) is 8.73. The Balaban J connectivity index is 1.66. The van der Waals surface area contributed by atoms with Gasteiger partial charge in [-0.15, -0.1) is 0 Å². The van der Waals surface area contributed by atoms with Crippen LogP contribution >= 0.6 is 0 Å². The van der Waals surface area contributed by atoms with Crippen molar-refractivity contribution in [2.24, 2.45) is 0 Å². The van der Waals surface area contributed by atoms with Crippen LogP contribution in [0.15, 0.2) is 72.8 Å². The van der Waals surface area contributed by atoms with Crippen molar-refractivity contribution in [2.75, 3.05) is 0 Å². The summed E-state index contributed by atoms with van der Waals surface area (Å²) in [7, 11) is 0. The van der Waals surface area contributed by atoms with Crippen molar-refractivity contribution >= 4 is 12.3 Å². The van der Waals surface area contributed by atoms with Crippen LogP contribution in [0.1, 0.15) is 27.9 Å². The quantitative estimate of drug-likeness (QED) is 0.588. The Morgan fingerprint density at radius 2 is 1.70 bits per heavy atom. The van der Waals surface area contributed by atoms with Crippen LogP contribution in [-0.2, 0) is 17.8 Å². The lowest BCUT2D eigenvalue weighted by Crippen LogP contribution is -1.98. The molecule has 0 aromatic heterocycles. The van der Waals surface area contributed by atoms with Gasteiger partial charge in [0.15, 0.2) is 6.29 Å². The first-order chi connectivity index (χ1) is 13.2. The van der Waals surface area contributed by atoms with Crippen molar-refractivity contribution in [2.45, 2.75) is 19.4 Å². The maximum absolute atomic E-state index is 11.3. The number of ether oxygens (including phenoxy) is 1. The topological polar surface area (TPSA) is 63.6 Å². The van der Waals surface area contributed by atoms with Crippen molar-refractivity contribution in [3.05, 3.63) is 89.5 Å². The Labute approximate surface area is 158 Å². The third-order valence-electron chi connectivity index (χ3n) is 4.28. The largest absolute Gasteiger partial charge is 0.489 e. The number of carboxylic acid groups (broad SMARTS) is 1. The molecule has 0 bridgehead atoms. The highest BCUT2D eigenvalue weighted by Gasteiger charge is 2.05. The molecule has 4 nitrogen and oxygen atoms in total. The molecule has 0 aliphatic heterocycles. The van der Waals surface area contributed by atoms with Crippen LogP contribution in [-0.4, -0.2) is 17.4 Å². The Morgan fingerprint density at radius 1 is 0.926 bits per heavy atom. The van der Waals surface area contributed by atoms with E-state index < -0.39 is 5.97 Å². The summed E-state index contributed by atoms with van der Waals surface area (Å²) in [5.41, 5.74) is 4.51. The van der Waals surface area contributed by atoms with Gasteiger partial charge in [0.25, 0.3) is 0 Å². The molecule has 3 rings (SSSR count). The number of aldehydes is 1. The number of carboxylic acids is 1. The molecule has 4 heteroatoms. The van der Waals surface area contributed by atoms with Gasteiger partial charge in [0.05, 0.1) is 0 Å². The van der Waals surface area contributed by atoms with Gasteiger partial charge in [0, 0.05) is 12.0 Å². The minimum absolute atomic E-state index is 0.120. The van der Waals surface area contributed by atoms with Crippen LogP contribution < -0.4 is 4.74 Å². The fourth-order valence-electron chi connectivity index (χ4n) is 2.86. The van der Waals surface area contributed by atoms with Crippen LogP contribution in [0.3, 0.4) is 0 Å². The Hall–Kier alpha value is -3.40. The number of carbonyl (C=O) groups is 2. The number of aliphatic carboxylic acids is 1. The lowest BCUT2D eigenvalue weighted by molar-refractivity contribution is -0.136. The van der Waals surface area contributed by atoms with Crippen molar-refractivity contribution in [3.63, 3.8) is 0 Å². The van der Waals surface area contributed by atoms with Gasteiger partial charge < -0.3 is 9.84 Å². The van der Waals surface area contributed by atoms with Gasteiger partial charge in [-0.05, 0) is 46.9 Å². The lowest BCUT2D eigenvalue weighted by Gasteiger charge is -2.10. The second-order valence-electron chi connectivity index (χ2n) is 6.23. The molecule has 0 unspecified atom stereocenters. The SMILES string of the molecule is O=Cc1ccccc1-c1cccc(COc2ccc(CCC(=O)O)cc2)c1. The highest BCUT2D eigenvalue weighted by Crippen LogP contribution is 2.24. The molecule has 3 aromatic carbocycles. The molecule has 0 radical (unpaired) electrons. The third kappa shape index (κ3) is 5.05. The first-order valence-electron chi connectivity index (χ1n) is 8.73. The summed E-state index contributed by atoms with van der Waals surface area (Å²) >= 11 is 0. The van der Waals surface area contributed by atoms with Crippen molar-refractivity contribution < 1.29 is 19.4 Å². The predicted octanol–water partition coefficient (Wildman–Crippen LogP) is 4.76. The van der Waals surface area contributed by atoms with Crippen molar-refractivity contribution in [1.29, 1.82) is 0 Å². The Kier molecular flexibility index (Phi) is 6.00. The molecule has 0 aliphatic rings. The van der Waals surface area contributed by atoms with Gasteiger partial charge in [0.2, 0.25) is 0 Å². The summed E-state index contributed by atoms with van der Waals surface area (Å²) in [5, 5.41) is 8.73. The second-order valence-corrected chi connectivity index (χ2v) is 6.23. The summed E-state index contributed by atoms with van der Waals surface area (Å²) in [5.74, 6) is -0.0702. The highest BCUT2D eigenvalue weighted by molar-refractivity contribution is 5.87. The molecule has 0 fully saturated rings. The Bertz CT molecular complexity index is 929. The normalized spacial score (nSPS) is 10.4. The fourth-order valence-corrected chi connectivity index (χ4v) is 2.86. The number of hydrogen-bond acceptors (Lipinski definition) is 3. The first kappa shape index (κ1) is 18.4. The molecule has 0 saturated heterocycles. The number of carbonyl (C=O) groups excluding carboxylic acids is 1. The van der Waals surface area contributed by atoms with Crippen LogP contribution in [0.25, 0.3) is 11.1 Å². The van der Waals surface area contributed by atoms with Crippen LogP contribution in [0.2, 0.25) is 0 Å². The molecular formula is C23H20O4. The van der Waals surface area contributed by atoms with Crippen molar-refractivity contribution in [1.82, 2.24) is 0 Å². The van der Waals surface area contributed by atoms with Gasteiger partial charge in [-0.3, -0.25) is 9.59 Å². The summed E-state index contributed by atoms with van der Waals surface area (Å²) in [6.07, 6.45) is 1.49. The van der Waals surface area contributed by atoms with Crippen LogP contribution in [0.4, 0.5) is 0 Å². The van der Waals surface area contributed by atoms with Crippen LogP contribution in [0, 0.1) is 0 Å². The van der Waals surface area contributed by atoms with E-state index in [1.807, 2.05) is 66.7 Å². The molecule has 3 aromatic rings. The van der Waals surface area contributed by atoms with E-state index in [9.17, 15) is 9.59 Å². The number of rotatable bonds is 8. The second kappa shape index (κ2) is 8.81. The number of aryl methyl sites for hydroxylation is 1. The average molecular weight is 360 g/mol. The van der Waals surface area contributed by atoms with Gasteiger partial charge in [-0.25, -0.2) is 0 Å². The minimum Gasteiger partial charge on any atom is -0.489 e. The molecule has 0 heterocycles. The zero-order valence-corrected chi connectivity index (χ0v) is 14.8. The Morgan fingerprint density at radius 3 is 2.44 bits per heavy atom. The van der Waals surface area contributed by atoms with E-state index >= 15 is 0 Å². The summed E-state index contributed by atoms with van der Waals surface area (Å²) < 4.78 is 5.83. The monoisotopic (exact) mass is 360 g/mol. The maximum atomic E-state index is 11.3. The van der Waals surface area contributed by atoms with Gasteiger partial charge >= 0.3 is 5.97 Å². The standard InChI is InChI=1S/C23H20O4/c24-15-20-5-1-2-7-22(20)19-6-3-4-18(14-19)16-27-21-11-8-17(9-12-21)10-13-23(25)26/h1-9,11-12,14-15H,10,13,16H2,(H,25,26). The smallest absolute Gasteiger partial charge is 0.303 e. The van der Waals surface area contributed by atoms with Crippen molar-refractivity contribution in [3.8, 4) is 16.9 Å². The van der Waals surface area contributed by atoms with E-state index in [2.05, 4.69) is 0 Å². The molecule has 27 heavy (non-hydrogen) atoms. The van der Waals surface area contributed by atoms with E-state index in [1.165, 1.54) is 0 Å². The van der Waals surface area contributed by atoms with Crippen LogP contribution in [0.5, 0.6) is 5.75 Å². The predicted molar refractivity (Wildman–Crippen MR) is 104 cm³/mol. The summed E-state index contributed by atoms with van der Waals surface area (Å²) in [6, 6.07) is 22.9. The molecular weight excluding hydrogens is 340 g/mol. The average Bonchev–Trinajstić information content (AvgIpc) is 2.71. The number of benzene rings is 3. The summed E-state index contributed by atoms with van der Waals surface area (Å²) in [6.45, 7) is 0.408. The molecule has 136 valence electrons. The minimum atomic E-state index is -0.800. The zero-order valence-electron chi connectivity index (χ0n) is 14.8. The van der Waals surface area contributed by atoms with Gasteiger partial charge in [-0.1, -0.05) is 54.6 Å². The van der Waals surface area contributed by atoms with E-state index in [0.29, 0.717) is 18.6 Å². The maximum Gasteiger partial charge on any atom is 0.303 e. The molecule has 0 atom stereocenters. The zero-order chi connectivity index (χ0) is 19.1. The lowest BCUT2D eigenvalue weighted by atomic mass is 9.99. The number of hydrogen-bond donors (Lipinski definition) is 1. The van der Waals surface area contributed by atoms with E-state index in [1.54, 1.807) is 6.07 Å². The molecule has 1 N–H and O–H groups in total. The molecule has 0 aliphatic carbocycles. The molecule has 0 spiro atoms. The van der Waals surface area contributed by atoms with Gasteiger partial charge in [0.1, 0.15) is 12.4 Å². The van der Waals surface area contributed by atoms with E-state index in [4.69, 9.17) is 9.84 Å².